The van der Waals surface area contributed by atoms with E-state index >= 15 is 0 Å². The number of aliphatic hydroxyl groups is 1. The van der Waals surface area contributed by atoms with Crippen LogP contribution in [0.1, 0.15) is 30.0 Å². The van der Waals surface area contributed by atoms with Crippen molar-refractivity contribution >= 4 is 23.1 Å². The van der Waals surface area contributed by atoms with Crippen LogP contribution in [0.3, 0.4) is 0 Å². The molecule has 2 fully saturated rings. The smallest absolute Gasteiger partial charge is 0.295 e. The third kappa shape index (κ3) is 3.98. The molecule has 178 valence electrons. The Bertz CT molecular complexity index is 1130. The molecule has 3 heterocycles. The van der Waals surface area contributed by atoms with E-state index < -0.39 is 17.7 Å². The first-order valence-corrected chi connectivity index (χ1v) is 11.5. The Kier molecular flexibility index (Phi) is 5.91. The molecule has 1 N–H and O–H groups in total. The van der Waals surface area contributed by atoms with E-state index in [0.29, 0.717) is 43.4 Å². The zero-order chi connectivity index (χ0) is 23.8. The van der Waals surface area contributed by atoms with Gasteiger partial charge in [-0.1, -0.05) is 12.1 Å². The maximum Gasteiger partial charge on any atom is 0.295 e. The number of rotatable bonds is 5. The van der Waals surface area contributed by atoms with Gasteiger partial charge in [-0.3, -0.25) is 9.59 Å². The number of nitrogens with zero attached hydrogens (tertiary/aromatic N) is 2. The van der Waals surface area contributed by atoms with E-state index in [9.17, 15) is 14.7 Å². The molecule has 2 saturated heterocycles. The summed E-state index contributed by atoms with van der Waals surface area (Å²) in [4.78, 5) is 29.9. The van der Waals surface area contributed by atoms with E-state index in [-0.39, 0.29) is 17.4 Å². The molecule has 0 saturated carbocycles. The summed E-state index contributed by atoms with van der Waals surface area (Å²) in [6.07, 6.45) is 1.63. The maximum atomic E-state index is 13.2. The van der Waals surface area contributed by atoms with Crippen LogP contribution in [0, 0.1) is 0 Å². The van der Waals surface area contributed by atoms with Crippen LogP contribution in [0.2, 0.25) is 0 Å². The normalized spacial score (nSPS) is 23.4. The number of ketones is 1. The first-order chi connectivity index (χ1) is 16.4. The summed E-state index contributed by atoms with van der Waals surface area (Å²) >= 11 is 0. The number of carbonyl (C=O) groups excluding carboxylic acids is 2. The van der Waals surface area contributed by atoms with Crippen molar-refractivity contribution in [1.29, 1.82) is 0 Å². The average molecular weight is 465 g/mol. The number of anilines is 1. The minimum absolute atomic E-state index is 0.0669. The number of benzene rings is 2. The molecular formula is C26H28N2O6. The van der Waals surface area contributed by atoms with E-state index in [4.69, 9.17) is 14.2 Å². The molecule has 2 aromatic rings. The van der Waals surface area contributed by atoms with Crippen LogP contribution in [-0.2, 0) is 14.3 Å². The minimum Gasteiger partial charge on any atom is -0.507 e. The highest BCUT2D eigenvalue weighted by Crippen LogP contribution is 2.42. The summed E-state index contributed by atoms with van der Waals surface area (Å²) in [6, 6.07) is 12.0. The van der Waals surface area contributed by atoms with Gasteiger partial charge in [-0.05, 0) is 48.7 Å². The fourth-order valence-corrected chi connectivity index (χ4v) is 4.72. The van der Waals surface area contributed by atoms with E-state index in [1.807, 2.05) is 43.3 Å². The number of aliphatic hydroxyl groups excluding tert-OH is 1. The Morgan fingerprint density at radius 3 is 2.44 bits per heavy atom. The van der Waals surface area contributed by atoms with Gasteiger partial charge in [0.15, 0.2) is 11.5 Å². The lowest BCUT2D eigenvalue weighted by Crippen LogP contribution is -2.36. The number of ether oxygens (including phenoxy) is 3. The molecule has 0 aliphatic carbocycles. The van der Waals surface area contributed by atoms with Crippen LogP contribution >= 0.6 is 0 Å². The molecule has 0 spiro atoms. The molecule has 3 aliphatic heterocycles. The van der Waals surface area contributed by atoms with Crippen molar-refractivity contribution in [3.8, 4) is 11.5 Å². The van der Waals surface area contributed by atoms with Crippen molar-refractivity contribution in [1.82, 2.24) is 4.90 Å². The predicted octanol–water partition coefficient (Wildman–Crippen LogP) is 3.12. The Labute approximate surface area is 198 Å². The molecule has 0 radical (unpaired) electrons. The van der Waals surface area contributed by atoms with E-state index in [0.717, 1.165) is 24.1 Å². The van der Waals surface area contributed by atoms with Gasteiger partial charge in [-0.25, -0.2) is 0 Å². The summed E-state index contributed by atoms with van der Waals surface area (Å²) in [5, 5.41) is 11.3. The van der Waals surface area contributed by atoms with Crippen molar-refractivity contribution in [2.75, 3.05) is 45.4 Å². The molecule has 2 unspecified atom stereocenters. The number of hydrogen-bond acceptors (Lipinski definition) is 7. The highest BCUT2D eigenvalue weighted by molar-refractivity contribution is 6.46. The Morgan fingerprint density at radius 1 is 1.03 bits per heavy atom. The minimum atomic E-state index is -0.714. The van der Waals surface area contributed by atoms with Crippen LogP contribution in [-0.4, -0.2) is 68.3 Å². The Morgan fingerprint density at radius 2 is 1.76 bits per heavy atom. The van der Waals surface area contributed by atoms with Gasteiger partial charge in [0.2, 0.25) is 0 Å². The number of Topliss-reactive ketones (excluding diaryl/α,β-unsaturated/α-hetero) is 1. The zero-order valence-corrected chi connectivity index (χ0v) is 19.3. The predicted molar refractivity (Wildman–Crippen MR) is 126 cm³/mol. The molecule has 2 aromatic carbocycles. The second-order valence-corrected chi connectivity index (χ2v) is 8.93. The summed E-state index contributed by atoms with van der Waals surface area (Å²) in [5.41, 5.74) is 2.21. The standard InChI is InChI=1S/C26H28N2O6/c1-27(2)18-8-5-16(6-9-18)23-22(25(30)26(31)28(23)15-19-4-3-11-32-19)24(29)17-7-10-20-21(14-17)34-13-12-33-20/h5-10,14,19,23,29H,3-4,11-13,15H2,1-2H3/b24-22-. The third-order valence-electron chi connectivity index (χ3n) is 6.51. The van der Waals surface area contributed by atoms with Crippen LogP contribution < -0.4 is 14.4 Å². The highest BCUT2D eigenvalue weighted by Gasteiger charge is 2.47. The van der Waals surface area contributed by atoms with Crippen molar-refractivity contribution in [2.24, 2.45) is 0 Å². The number of fused-ring (bicyclic) bond motifs is 1. The second kappa shape index (κ2) is 9.02. The third-order valence-corrected chi connectivity index (χ3v) is 6.51. The number of hydrogen-bond donors (Lipinski definition) is 1. The Hall–Kier alpha value is -3.52. The fraction of sp³-hybridized carbons (Fsp3) is 0.385. The molecule has 3 aliphatic rings. The SMILES string of the molecule is CN(C)c1ccc(C2/C(=C(/O)c3ccc4c(c3)OCCO4)C(=O)C(=O)N2CC2CCCO2)cc1. The summed E-state index contributed by atoms with van der Waals surface area (Å²) in [5.74, 6) is -0.483. The van der Waals surface area contributed by atoms with Gasteiger partial charge in [0.1, 0.15) is 19.0 Å². The lowest BCUT2D eigenvalue weighted by atomic mass is 9.94. The summed E-state index contributed by atoms with van der Waals surface area (Å²) < 4.78 is 17.0. The van der Waals surface area contributed by atoms with E-state index in [2.05, 4.69) is 0 Å². The van der Waals surface area contributed by atoms with E-state index in [1.54, 1.807) is 18.2 Å². The van der Waals surface area contributed by atoms with Gasteiger partial charge >= 0.3 is 0 Å². The quantitative estimate of drug-likeness (QED) is 0.413. The lowest BCUT2D eigenvalue weighted by Gasteiger charge is -2.28. The van der Waals surface area contributed by atoms with Gasteiger partial charge in [-0.15, -0.1) is 0 Å². The molecule has 8 heteroatoms. The highest BCUT2D eigenvalue weighted by atomic mass is 16.6. The van der Waals surface area contributed by atoms with Crippen molar-refractivity contribution in [3.63, 3.8) is 0 Å². The fourth-order valence-electron chi connectivity index (χ4n) is 4.72. The zero-order valence-electron chi connectivity index (χ0n) is 19.3. The van der Waals surface area contributed by atoms with Crippen LogP contribution in [0.25, 0.3) is 5.76 Å². The number of carbonyl (C=O) groups is 2. The summed E-state index contributed by atoms with van der Waals surface area (Å²) in [7, 11) is 3.89. The molecule has 1 amide bonds. The van der Waals surface area contributed by atoms with E-state index in [1.165, 1.54) is 4.90 Å². The molecule has 34 heavy (non-hydrogen) atoms. The van der Waals surface area contributed by atoms with Gasteiger partial charge in [0.05, 0.1) is 17.7 Å². The van der Waals surface area contributed by atoms with Gasteiger partial charge in [0.25, 0.3) is 11.7 Å². The molecule has 5 rings (SSSR count). The van der Waals surface area contributed by atoms with Gasteiger partial charge in [0, 0.05) is 38.5 Å². The van der Waals surface area contributed by atoms with Crippen molar-refractivity contribution < 1.29 is 28.9 Å². The van der Waals surface area contributed by atoms with Crippen LogP contribution in [0.4, 0.5) is 5.69 Å². The van der Waals surface area contributed by atoms with Crippen LogP contribution in [0.15, 0.2) is 48.0 Å². The first kappa shape index (κ1) is 22.3. The number of amides is 1. The maximum absolute atomic E-state index is 13.2. The molecule has 8 nitrogen and oxygen atoms in total. The monoisotopic (exact) mass is 464 g/mol. The molecule has 0 aromatic heterocycles. The Balaban J connectivity index is 1.59. The molecular weight excluding hydrogens is 436 g/mol. The topological polar surface area (TPSA) is 88.5 Å². The molecule has 2 atom stereocenters. The average Bonchev–Trinajstić information content (AvgIpc) is 3.46. The van der Waals surface area contributed by atoms with Crippen molar-refractivity contribution in [2.45, 2.75) is 25.0 Å². The summed E-state index contributed by atoms with van der Waals surface area (Å²) in [6.45, 7) is 1.80. The van der Waals surface area contributed by atoms with Gasteiger partial charge < -0.3 is 29.1 Å². The van der Waals surface area contributed by atoms with Crippen molar-refractivity contribution in [3.05, 3.63) is 59.2 Å². The number of likely N-dealkylation sites (tertiary alicyclic amines) is 1. The molecule has 0 bridgehead atoms. The first-order valence-electron chi connectivity index (χ1n) is 11.5. The second-order valence-electron chi connectivity index (χ2n) is 8.93. The van der Waals surface area contributed by atoms with Gasteiger partial charge in [-0.2, -0.15) is 0 Å². The largest absolute Gasteiger partial charge is 0.507 e. The van der Waals surface area contributed by atoms with Crippen LogP contribution in [0.5, 0.6) is 11.5 Å². The lowest BCUT2D eigenvalue weighted by molar-refractivity contribution is -0.140.